The van der Waals surface area contributed by atoms with E-state index in [1.165, 1.54) is 142 Å². The van der Waals surface area contributed by atoms with Crippen LogP contribution in [-0.4, -0.2) is 24.0 Å². The van der Waals surface area contributed by atoms with Gasteiger partial charge >= 0.3 is 5.97 Å². The normalized spacial score (nSPS) is 13.0. The molecular formula is C37H71NO3. The second-order valence-electron chi connectivity index (χ2n) is 12.4. The summed E-state index contributed by atoms with van der Waals surface area (Å²) in [6, 6.07) is -0.151. The van der Waals surface area contributed by atoms with Gasteiger partial charge in [-0.15, -0.1) is 0 Å². The van der Waals surface area contributed by atoms with E-state index in [9.17, 15) is 9.59 Å². The van der Waals surface area contributed by atoms with Gasteiger partial charge in [0.05, 0.1) is 6.04 Å². The highest BCUT2D eigenvalue weighted by molar-refractivity contribution is 5.76. The Morgan fingerprint density at radius 3 is 1.41 bits per heavy atom. The van der Waals surface area contributed by atoms with Crippen molar-refractivity contribution in [3.8, 4) is 0 Å². The van der Waals surface area contributed by atoms with Gasteiger partial charge in [-0.05, 0) is 31.8 Å². The molecule has 0 radical (unpaired) electrons. The molecular weight excluding hydrogens is 506 g/mol. The lowest BCUT2D eigenvalue weighted by molar-refractivity contribution is -0.146. The lowest BCUT2D eigenvalue weighted by atomic mass is 10.0. The number of hydrogen-bond donors (Lipinski definition) is 1. The Labute approximate surface area is 256 Å². The molecule has 2 atom stereocenters. The Kier molecular flexibility index (Phi) is 30.6. The molecule has 0 saturated carbocycles. The van der Waals surface area contributed by atoms with Crippen LogP contribution in [0.15, 0.2) is 12.2 Å². The highest BCUT2D eigenvalue weighted by Gasteiger charge is 2.23. The van der Waals surface area contributed by atoms with E-state index in [4.69, 9.17) is 4.74 Å². The first kappa shape index (κ1) is 39.7. The topological polar surface area (TPSA) is 55.4 Å². The van der Waals surface area contributed by atoms with E-state index in [2.05, 4.69) is 32.2 Å². The second kappa shape index (κ2) is 31.6. The number of amides is 1. The summed E-state index contributed by atoms with van der Waals surface area (Å²) in [7, 11) is 0. The Morgan fingerprint density at radius 1 is 0.585 bits per heavy atom. The molecule has 0 heterocycles. The van der Waals surface area contributed by atoms with Crippen LogP contribution in [0.2, 0.25) is 0 Å². The molecule has 0 aromatic carbocycles. The summed E-state index contributed by atoms with van der Waals surface area (Å²) in [5.74, 6) is -0.197. The van der Waals surface area contributed by atoms with Crippen LogP contribution in [0.3, 0.4) is 0 Å². The SMILES string of the molecule is CCCCCCCCCCCC/C=C/C(OC(C)=O)C(CCC)NC(=O)CCCCCCCCCCCCCCC. The summed E-state index contributed by atoms with van der Waals surface area (Å²) in [5, 5.41) is 3.19. The third-order valence-electron chi connectivity index (χ3n) is 8.20. The van der Waals surface area contributed by atoms with Crippen LogP contribution in [-0.2, 0) is 14.3 Å². The van der Waals surface area contributed by atoms with Crippen molar-refractivity contribution in [3.05, 3.63) is 12.2 Å². The lowest BCUT2D eigenvalue weighted by Crippen LogP contribution is -2.44. The Hall–Kier alpha value is -1.32. The highest BCUT2D eigenvalue weighted by Crippen LogP contribution is 2.15. The average Bonchev–Trinajstić information content (AvgIpc) is 2.95. The molecule has 0 aromatic heterocycles. The van der Waals surface area contributed by atoms with E-state index in [0.29, 0.717) is 6.42 Å². The van der Waals surface area contributed by atoms with Gasteiger partial charge in [-0.25, -0.2) is 0 Å². The third-order valence-corrected chi connectivity index (χ3v) is 8.20. The largest absolute Gasteiger partial charge is 0.456 e. The summed E-state index contributed by atoms with van der Waals surface area (Å²) < 4.78 is 5.65. The van der Waals surface area contributed by atoms with E-state index in [1.54, 1.807) is 0 Å². The van der Waals surface area contributed by atoms with E-state index < -0.39 is 0 Å². The summed E-state index contributed by atoms with van der Waals surface area (Å²) >= 11 is 0. The van der Waals surface area contributed by atoms with Gasteiger partial charge in [-0.1, -0.05) is 168 Å². The molecule has 4 nitrogen and oxygen atoms in total. The number of allylic oxidation sites excluding steroid dienone is 1. The lowest BCUT2D eigenvalue weighted by Gasteiger charge is -2.25. The number of carbonyl (C=O) groups is 2. The molecule has 4 heteroatoms. The van der Waals surface area contributed by atoms with Crippen molar-refractivity contribution >= 4 is 11.9 Å². The molecule has 1 N–H and O–H groups in total. The van der Waals surface area contributed by atoms with Gasteiger partial charge in [0.1, 0.15) is 6.10 Å². The molecule has 0 rings (SSSR count). The van der Waals surface area contributed by atoms with Crippen LogP contribution in [0.25, 0.3) is 0 Å². The molecule has 242 valence electrons. The first-order valence-electron chi connectivity index (χ1n) is 18.2. The molecule has 1 amide bonds. The van der Waals surface area contributed by atoms with Crippen molar-refractivity contribution in [1.29, 1.82) is 0 Å². The van der Waals surface area contributed by atoms with Crippen molar-refractivity contribution in [3.63, 3.8) is 0 Å². The Morgan fingerprint density at radius 2 is 1.00 bits per heavy atom. The number of ether oxygens (including phenoxy) is 1. The summed E-state index contributed by atoms with van der Waals surface area (Å²) in [5.41, 5.74) is 0. The zero-order valence-electron chi connectivity index (χ0n) is 28.1. The molecule has 0 fully saturated rings. The summed E-state index contributed by atoms with van der Waals surface area (Å²) in [6.45, 7) is 8.12. The number of unbranched alkanes of at least 4 members (excludes halogenated alkanes) is 22. The fraction of sp³-hybridized carbons (Fsp3) is 0.892. The first-order chi connectivity index (χ1) is 20.0. The van der Waals surface area contributed by atoms with Crippen LogP contribution >= 0.6 is 0 Å². The predicted molar refractivity (Wildman–Crippen MR) is 178 cm³/mol. The van der Waals surface area contributed by atoms with Crippen molar-refractivity contribution in [1.82, 2.24) is 5.32 Å². The standard InChI is InChI=1S/C37H71NO3/c1-5-8-10-12-14-16-18-20-22-24-26-28-30-33-37(40)38-35(31-7-3)36(41-34(4)39)32-29-27-25-23-21-19-17-15-13-11-9-6-2/h29,32,35-36H,5-28,30-31,33H2,1-4H3,(H,38,40)/b32-29+. The maximum atomic E-state index is 12.7. The summed E-state index contributed by atoms with van der Waals surface area (Å²) in [4.78, 5) is 24.5. The van der Waals surface area contributed by atoms with Crippen LogP contribution in [0.1, 0.15) is 201 Å². The van der Waals surface area contributed by atoms with Crippen LogP contribution in [0.5, 0.6) is 0 Å². The average molecular weight is 578 g/mol. The van der Waals surface area contributed by atoms with E-state index in [1.807, 2.05) is 6.08 Å². The van der Waals surface area contributed by atoms with Crippen molar-refractivity contribution in [2.24, 2.45) is 0 Å². The van der Waals surface area contributed by atoms with E-state index in [-0.39, 0.29) is 24.0 Å². The number of hydrogen-bond acceptors (Lipinski definition) is 3. The zero-order valence-corrected chi connectivity index (χ0v) is 28.1. The summed E-state index contributed by atoms with van der Waals surface area (Å²) in [6.07, 6.45) is 37.4. The molecule has 0 aliphatic carbocycles. The van der Waals surface area contributed by atoms with Gasteiger partial charge in [0.15, 0.2) is 0 Å². The molecule has 0 aliphatic heterocycles. The number of carbonyl (C=O) groups excluding carboxylic acids is 2. The van der Waals surface area contributed by atoms with E-state index >= 15 is 0 Å². The quantitative estimate of drug-likeness (QED) is 0.0506. The van der Waals surface area contributed by atoms with Gasteiger partial charge < -0.3 is 10.1 Å². The maximum Gasteiger partial charge on any atom is 0.303 e. The van der Waals surface area contributed by atoms with Crippen molar-refractivity contribution in [2.75, 3.05) is 0 Å². The maximum absolute atomic E-state index is 12.7. The van der Waals surface area contributed by atoms with Crippen LogP contribution in [0, 0.1) is 0 Å². The molecule has 41 heavy (non-hydrogen) atoms. The molecule has 0 saturated heterocycles. The molecule has 0 aliphatic rings. The van der Waals surface area contributed by atoms with Gasteiger partial charge in [0, 0.05) is 13.3 Å². The minimum absolute atomic E-state index is 0.0896. The predicted octanol–water partition coefficient (Wildman–Crippen LogP) is 11.6. The van der Waals surface area contributed by atoms with E-state index in [0.717, 1.165) is 32.1 Å². The Bertz CT molecular complexity index is 603. The monoisotopic (exact) mass is 578 g/mol. The van der Waals surface area contributed by atoms with Crippen molar-refractivity contribution in [2.45, 2.75) is 213 Å². The molecule has 2 unspecified atom stereocenters. The zero-order chi connectivity index (χ0) is 30.2. The molecule has 0 bridgehead atoms. The fourth-order valence-corrected chi connectivity index (χ4v) is 5.64. The highest BCUT2D eigenvalue weighted by atomic mass is 16.5. The minimum atomic E-state index is -0.383. The number of rotatable bonds is 31. The number of esters is 1. The van der Waals surface area contributed by atoms with Gasteiger partial charge in [0.25, 0.3) is 0 Å². The van der Waals surface area contributed by atoms with Gasteiger partial charge in [-0.2, -0.15) is 0 Å². The smallest absolute Gasteiger partial charge is 0.303 e. The minimum Gasteiger partial charge on any atom is -0.456 e. The first-order valence-corrected chi connectivity index (χ1v) is 18.2. The molecule has 0 aromatic rings. The Balaban J connectivity index is 4.14. The van der Waals surface area contributed by atoms with Gasteiger partial charge in [0.2, 0.25) is 5.91 Å². The van der Waals surface area contributed by atoms with Gasteiger partial charge in [-0.3, -0.25) is 9.59 Å². The van der Waals surface area contributed by atoms with Crippen molar-refractivity contribution < 1.29 is 14.3 Å². The number of nitrogens with one attached hydrogen (secondary N) is 1. The third kappa shape index (κ3) is 28.6. The van der Waals surface area contributed by atoms with Crippen LogP contribution < -0.4 is 5.32 Å². The fourth-order valence-electron chi connectivity index (χ4n) is 5.64. The second-order valence-corrected chi connectivity index (χ2v) is 12.4. The van der Waals surface area contributed by atoms with Crippen LogP contribution in [0.4, 0.5) is 0 Å². The molecule has 0 spiro atoms.